The Morgan fingerprint density at radius 3 is 2.46 bits per heavy atom. The molecule has 1 aromatic heterocycles. The summed E-state index contributed by atoms with van der Waals surface area (Å²) in [7, 11) is 0. The molecule has 152 valence electrons. The predicted molar refractivity (Wildman–Crippen MR) is 107 cm³/mol. The second-order valence-corrected chi connectivity index (χ2v) is 8.85. The molecule has 0 N–H and O–H groups in total. The molecule has 0 bridgehead atoms. The third-order valence-electron chi connectivity index (χ3n) is 7.05. The number of amides is 2. The molecule has 2 amide bonds. The van der Waals surface area contributed by atoms with Gasteiger partial charge in [-0.15, -0.1) is 0 Å². The molecule has 3 saturated heterocycles. The Labute approximate surface area is 167 Å². The first kappa shape index (κ1) is 19.4. The van der Waals surface area contributed by atoms with Crippen LogP contribution < -0.4 is 0 Å². The number of aromatic nitrogens is 1. The first-order valence-corrected chi connectivity index (χ1v) is 10.8. The topological polar surface area (TPSA) is 56.8 Å². The van der Waals surface area contributed by atoms with E-state index in [2.05, 4.69) is 21.7 Å². The Kier molecular flexibility index (Phi) is 5.67. The first-order valence-electron chi connectivity index (χ1n) is 10.8. The summed E-state index contributed by atoms with van der Waals surface area (Å²) >= 11 is 0. The predicted octanol–water partition coefficient (Wildman–Crippen LogP) is 2.30. The van der Waals surface area contributed by atoms with Crippen LogP contribution in [-0.4, -0.2) is 70.3 Å². The van der Waals surface area contributed by atoms with Crippen molar-refractivity contribution in [3.63, 3.8) is 0 Å². The summed E-state index contributed by atoms with van der Waals surface area (Å²) in [6.07, 6.45) is 9.59. The Balaban J connectivity index is 1.35. The normalized spacial score (nSPS) is 24.0. The molecular formula is C22H32N4O2. The molecule has 3 fully saturated rings. The zero-order valence-electron chi connectivity index (χ0n) is 17.0. The Morgan fingerprint density at radius 1 is 1.11 bits per heavy atom. The van der Waals surface area contributed by atoms with Gasteiger partial charge in [-0.25, -0.2) is 0 Å². The Hall–Kier alpha value is -1.95. The van der Waals surface area contributed by atoms with Crippen LogP contribution in [0.1, 0.15) is 51.0 Å². The number of hydrogen-bond donors (Lipinski definition) is 0. The van der Waals surface area contributed by atoms with Gasteiger partial charge in [0.2, 0.25) is 11.8 Å². The fourth-order valence-corrected chi connectivity index (χ4v) is 5.11. The molecule has 3 aliphatic rings. The summed E-state index contributed by atoms with van der Waals surface area (Å²) in [4.78, 5) is 35.9. The van der Waals surface area contributed by atoms with E-state index in [4.69, 9.17) is 0 Å². The van der Waals surface area contributed by atoms with Crippen molar-refractivity contribution in [1.29, 1.82) is 0 Å². The zero-order chi connectivity index (χ0) is 19.6. The minimum Gasteiger partial charge on any atom is -0.341 e. The molecule has 0 saturated carbocycles. The number of pyridine rings is 1. The summed E-state index contributed by atoms with van der Waals surface area (Å²) in [6.45, 7) is 7.31. The molecular weight excluding hydrogens is 352 g/mol. The highest BCUT2D eigenvalue weighted by molar-refractivity contribution is 5.81. The van der Waals surface area contributed by atoms with Gasteiger partial charge in [0.25, 0.3) is 0 Å². The Bertz CT molecular complexity index is 694. The van der Waals surface area contributed by atoms with Gasteiger partial charge >= 0.3 is 0 Å². The summed E-state index contributed by atoms with van der Waals surface area (Å²) in [5.74, 6) is 0.542. The van der Waals surface area contributed by atoms with E-state index in [1.165, 1.54) is 12.8 Å². The van der Waals surface area contributed by atoms with Crippen LogP contribution in [0, 0.1) is 5.41 Å². The first-order chi connectivity index (χ1) is 13.6. The van der Waals surface area contributed by atoms with Crippen molar-refractivity contribution >= 4 is 11.8 Å². The van der Waals surface area contributed by atoms with E-state index < -0.39 is 0 Å². The van der Waals surface area contributed by atoms with Gasteiger partial charge in [-0.3, -0.25) is 19.5 Å². The van der Waals surface area contributed by atoms with Gasteiger partial charge < -0.3 is 9.80 Å². The third-order valence-corrected chi connectivity index (χ3v) is 7.05. The maximum Gasteiger partial charge on any atom is 0.239 e. The summed E-state index contributed by atoms with van der Waals surface area (Å²) < 4.78 is 0. The second kappa shape index (κ2) is 8.19. The fourth-order valence-electron chi connectivity index (χ4n) is 5.11. The lowest BCUT2D eigenvalue weighted by Gasteiger charge is -2.48. The van der Waals surface area contributed by atoms with Gasteiger partial charge in [0.15, 0.2) is 0 Å². The van der Waals surface area contributed by atoms with Crippen LogP contribution in [0.2, 0.25) is 0 Å². The summed E-state index contributed by atoms with van der Waals surface area (Å²) in [6, 6.07) is 3.97. The molecule has 0 aromatic carbocycles. The lowest BCUT2D eigenvalue weighted by atomic mass is 9.72. The maximum absolute atomic E-state index is 12.9. The summed E-state index contributed by atoms with van der Waals surface area (Å²) in [5.41, 5.74) is 1.31. The lowest BCUT2D eigenvalue weighted by molar-refractivity contribution is -0.145. The average molecular weight is 385 g/mol. The van der Waals surface area contributed by atoms with Crippen molar-refractivity contribution in [1.82, 2.24) is 19.7 Å². The highest BCUT2D eigenvalue weighted by Gasteiger charge is 2.42. The monoisotopic (exact) mass is 384 g/mol. The second-order valence-electron chi connectivity index (χ2n) is 8.85. The average Bonchev–Trinajstić information content (AvgIpc) is 3.26. The van der Waals surface area contributed by atoms with Gasteiger partial charge in [-0.1, -0.05) is 0 Å². The van der Waals surface area contributed by atoms with Gasteiger partial charge in [-0.2, -0.15) is 0 Å². The van der Waals surface area contributed by atoms with E-state index in [1.807, 2.05) is 17.0 Å². The number of nitrogens with zero attached hydrogens (tertiary/aromatic N) is 4. The highest BCUT2D eigenvalue weighted by atomic mass is 16.2. The number of rotatable bonds is 4. The zero-order valence-corrected chi connectivity index (χ0v) is 17.0. The molecule has 3 aliphatic heterocycles. The van der Waals surface area contributed by atoms with Crippen LogP contribution >= 0.6 is 0 Å². The molecule has 1 spiro atoms. The van der Waals surface area contributed by atoms with Gasteiger partial charge in [0, 0.05) is 45.0 Å². The molecule has 6 nitrogen and oxygen atoms in total. The SMILES string of the molecule is C[C@H](C(=O)N1CCC2(CCC(=O)N(Cc3ccncc3)C2)CC1)N1CCCC1. The quantitative estimate of drug-likeness (QED) is 0.799. The van der Waals surface area contributed by atoms with E-state index in [1.54, 1.807) is 12.4 Å². The van der Waals surface area contributed by atoms with E-state index in [0.717, 1.165) is 57.5 Å². The number of likely N-dealkylation sites (tertiary alicyclic amines) is 3. The van der Waals surface area contributed by atoms with Crippen LogP contribution in [-0.2, 0) is 16.1 Å². The van der Waals surface area contributed by atoms with Gasteiger partial charge in [-0.05, 0) is 75.2 Å². The van der Waals surface area contributed by atoms with Crippen LogP contribution in [0.4, 0.5) is 0 Å². The summed E-state index contributed by atoms with van der Waals surface area (Å²) in [5, 5.41) is 0. The number of carbonyl (C=O) groups is 2. The molecule has 0 unspecified atom stereocenters. The molecule has 0 radical (unpaired) electrons. The van der Waals surface area contributed by atoms with Crippen molar-refractivity contribution in [2.45, 2.75) is 58.0 Å². The van der Waals surface area contributed by atoms with E-state index in [0.29, 0.717) is 13.0 Å². The number of hydrogen-bond acceptors (Lipinski definition) is 4. The van der Waals surface area contributed by atoms with Crippen molar-refractivity contribution in [3.05, 3.63) is 30.1 Å². The van der Waals surface area contributed by atoms with E-state index in [-0.39, 0.29) is 23.3 Å². The van der Waals surface area contributed by atoms with Crippen molar-refractivity contribution in [2.75, 3.05) is 32.7 Å². The largest absolute Gasteiger partial charge is 0.341 e. The van der Waals surface area contributed by atoms with Crippen LogP contribution in [0.3, 0.4) is 0 Å². The van der Waals surface area contributed by atoms with Gasteiger partial charge in [0.05, 0.1) is 6.04 Å². The highest BCUT2D eigenvalue weighted by Crippen LogP contribution is 2.40. The number of carbonyl (C=O) groups excluding carboxylic acids is 2. The van der Waals surface area contributed by atoms with Crippen molar-refractivity contribution in [3.8, 4) is 0 Å². The smallest absolute Gasteiger partial charge is 0.239 e. The molecule has 28 heavy (non-hydrogen) atoms. The van der Waals surface area contributed by atoms with Crippen LogP contribution in [0.15, 0.2) is 24.5 Å². The van der Waals surface area contributed by atoms with E-state index >= 15 is 0 Å². The number of piperidine rings is 2. The minimum absolute atomic E-state index is 0.00710. The molecule has 4 rings (SSSR count). The lowest BCUT2D eigenvalue weighted by Crippen LogP contribution is -2.54. The molecule has 4 heterocycles. The molecule has 1 atom stereocenters. The van der Waals surface area contributed by atoms with Crippen LogP contribution in [0.25, 0.3) is 0 Å². The molecule has 0 aliphatic carbocycles. The van der Waals surface area contributed by atoms with Crippen molar-refractivity contribution < 1.29 is 9.59 Å². The van der Waals surface area contributed by atoms with E-state index in [9.17, 15) is 9.59 Å². The maximum atomic E-state index is 12.9. The van der Waals surface area contributed by atoms with Crippen LogP contribution in [0.5, 0.6) is 0 Å². The fraction of sp³-hybridized carbons (Fsp3) is 0.682. The van der Waals surface area contributed by atoms with Crippen molar-refractivity contribution in [2.24, 2.45) is 5.41 Å². The van der Waals surface area contributed by atoms with Gasteiger partial charge in [0.1, 0.15) is 0 Å². The molecule has 6 heteroatoms. The Morgan fingerprint density at radius 2 is 1.79 bits per heavy atom. The third kappa shape index (κ3) is 4.07. The minimum atomic E-state index is 0.00710. The standard InChI is InChI=1S/C22H32N4O2/c1-18(24-12-2-3-13-24)21(28)25-14-8-22(9-15-25)7-4-20(27)26(17-22)16-19-5-10-23-11-6-19/h5-6,10-11,18H,2-4,7-9,12-17H2,1H3/t18-/m1/s1. The molecule has 1 aromatic rings.